The van der Waals surface area contributed by atoms with Crippen LogP contribution < -0.4 is 14.8 Å². The minimum absolute atomic E-state index is 0.254. The molecule has 156 valence electrons. The van der Waals surface area contributed by atoms with Gasteiger partial charge in [0.25, 0.3) is 5.91 Å². The van der Waals surface area contributed by atoms with Crippen molar-refractivity contribution < 1.29 is 18.7 Å². The minimum Gasteiger partial charge on any atom is -0.486 e. The molecule has 1 aromatic heterocycles. The van der Waals surface area contributed by atoms with Gasteiger partial charge in [0.05, 0.1) is 23.4 Å². The number of carbonyl (C=O) groups excluding carboxylic acids is 1. The van der Waals surface area contributed by atoms with E-state index in [1.54, 1.807) is 36.7 Å². The Morgan fingerprint density at radius 2 is 1.81 bits per heavy atom. The van der Waals surface area contributed by atoms with Gasteiger partial charge in [0, 0.05) is 12.1 Å². The van der Waals surface area contributed by atoms with Crippen LogP contribution in [0.15, 0.2) is 73.1 Å². The van der Waals surface area contributed by atoms with E-state index in [-0.39, 0.29) is 17.8 Å². The standard InChI is InChI=1S/C24H20FN3O3/c25-18-8-5-16(6-9-18)20(14-28-15-26-19-3-1-2-4-21(19)28)27-24(29)17-7-10-22-23(13-17)31-12-11-30-22/h1-10,13,15,20H,11-12,14H2,(H,27,29)/t20-/m1/s1. The number of hydrogen-bond donors (Lipinski definition) is 1. The second-order valence-corrected chi connectivity index (χ2v) is 7.32. The van der Waals surface area contributed by atoms with Crippen LogP contribution >= 0.6 is 0 Å². The number of para-hydroxylation sites is 2. The Kier molecular flexibility index (Phi) is 5.00. The lowest BCUT2D eigenvalue weighted by atomic mass is 10.1. The molecule has 1 aliphatic rings. The number of nitrogens with one attached hydrogen (secondary N) is 1. The maximum Gasteiger partial charge on any atom is 0.251 e. The van der Waals surface area contributed by atoms with Gasteiger partial charge < -0.3 is 19.4 Å². The largest absolute Gasteiger partial charge is 0.486 e. The lowest BCUT2D eigenvalue weighted by Crippen LogP contribution is -2.31. The van der Waals surface area contributed by atoms with Gasteiger partial charge in [0.1, 0.15) is 19.0 Å². The molecule has 1 atom stereocenters. The highest BCUT2D eigenvalue weighted by Crippen LogP contribution is 2.31. The van der Waals surface area contributed by atoms with E-state index in [1.807, 2.05) is 28.8 Å². The van der Waals surface area contributed by atoms with E-state index in [0.717, 1.165) is 16.6 Å². The second kappa shape index (κ2) is 8.10. The van der Waals surface area contributed by atoms with Crippen LogP contribution in [-0.2, 0) is 6.54 Å². The first-order valence-corrected chi connectivity index (χ1v) is 10.0. The third-order valence-electron chi connectivity index (χ3n) is 5.29. The summed E-state index contributed by atoms with van der Waals surface area (Å²) in [6, 6.07) is 18.7. The maximum atomic E-state index is 13.5. The predicted octanol–water partition coefficient (Wildman–Crippen LogP) is 4.12. The van der Waals surface area contributed by atoms with Crippen molar-refractivity contribution in [3.63, 3.8) is 0 Å². The number of benzene rings is 3. The number of carbonyl (C=O) groups is 1. The fourth-order valence-electron chi connectivity index (χ4n) is 3.71. The van der Waals surface area contributed by atoms with Gasteiger partial charge >= 0.3 is 0 Å². The first kappa shape index (κ1) is 19.1. The molecule has 6 nitrogen and oxygen atoms in total. The van der Waals surface area contributed by atoms with Crippen molar-refractivity contribution in [2.45, 2.75) is 12.6 Å². The van der Waals surface area contributed by atoms with Gasteiger partial charge in [-0.15, -0.1) is 0 Å². The van der Waals surface area contributed by atoms with Crippen molar-refractivity contribution in [2.75, 3.05) is 13.2 Å². The molecule has 4 aromatic rings. The van der Waals surface area contributed by atoms with Crippen molar-refractivity contribution in [1.82, 2.24) is 14.9 Å². The van der Waals surface area contributed by atoms with Gasteiger partial charge in [-0.2, -0.15) is 0 Å². The van der Waals surface area contributed by atoms with Crippen LogP contribution in [0.5, 0.6) is 11.5 Å². The number of fused-ring (bicyclic) bond motifs is 2. The molecule has 0 aliphatic carbocycles. The van der Waals surface area contributed by atoms with Gasteiger partial charge in [-0.3, -0.25) is 4.79 Å². The molecule has 7 heteroatoms. The summed E-state index contributed by atoms with van der Waals surface area (Å²) < 4.78 is 26.6. The molecule has 0 fully saturated rings. The molecule has 0 spiro atoms. The Labute approximate surface area is 178 Å². The van der Waals surface area contributed by atoms with E-state index in [4.69, 9.17) is 9.47 Å². The average molecular weight is 417 g/mol. The summed E-state index contributed by atoms with van der Waals surface area (Å²) in [5.74, 6) is 0.602. The van der Waals surface area contributed by atoms with Gasteiger partial charge in [0.2, 0.25) is 0 Å². The third kappa shape index (κ3) is 3.94. The van der Waals surface area contributed by atoms with E-state index in [0.29, 0.717) is 36.8 Å². The molecule has 0 bridgehead atoms. The molecule has 0 unspecified atom stereocenters. The normalized spacial score (nSPS) is 13.7. The van der Waals surface area contributed by atoms with Crippen molar-refractivity contribution in [1.29, 1.82) is 0 Å². The van der Waals surface area contributed by atoms with Crippen LogP contribution in [0.4, 0.5) is 4.39 Å². The Morgan fingerprint density at radius 3 is 2.65 bits per heavy atom. The summed E-state index contributed by atoms with van der Waals surface area (Å²) >= 11 is 0. The number of aromatic nitrogens is 2. The summed E-state index contributed by atoms with van der Waals surface area (Å²) in [5, 5.41) is 3.07. The summed E-state index contributed by atoms with van der Waals surface area (Å²) in [6.07, 6.45) is 1.75. The van der Waals surface area contributed by atoms with Gasteiger partial charge in [0.15, 0.2) is 11.5 Å². The molecule has 3 aromatic carbocycles. The molecular weight excluding hydrogens is 397 g/mol. The number of rotatable bonds is 5. The molecule has 5 rings (SSSR count). The van der Waals surface area contributed by atoms with Crippen LogP contribution in [0.25, 0.3) is 11.0 Å². The first-order chi connectivity index (χ1) is 15.2. The van der Waals surface area contributed by atoms with Crippen LogP contribution in [0.2, 0.25) is 0 Å². The second-order valence-electron chi connectivity index (χ2n) is 7.32. The molecule has 0 radical (unpaired) electrons. The van der Waals surface area contributed by atoms with E-state index < -0.39 is 0 Å². The van der Waals surface area contributed by atoms with Crippen molar-refractivity contribution in [3.05, 3.63) is 90.0 Å². The SMILES string of the molecule is O=C(N[C@H](Cn1cnc2ccccc21)c1ccc(F)cc1)c1ccc2c(c1)OCCO2. The zero-order valence-corrected chi connectivity index (χ0v) is 16.6. The fourth-order valence-corrected chi connectivity index (χ4v) is 3.71. The molecule has 1 amide bonds. The summed E-state index contributed by atoms with van der Waals surface area (Å²) in [7, 11) is 0. The van der Waals surface area contributed by atoms with Crippen molar-refractivity contribution in [2.24, 2.45) is 0 Å². The average Bonchev–Trinajstić information content (AvgIpc) is 3.21. The predicted molar refractivity (Wildman–Crippen MR) is 114 cm³/mol. The van der Waals surface area contributed by atoms with Crippen LogP contribution in [0.3, 0.4) is 0 Å². The van der Waals surface area contributed by atoms with Crippen LogP contribution in [0.1, 0.15) is 22.0 Å². The highest BCUT2D eigenvalue weighted by atomic mass is 19.1. The molecule has 1 N–H and O–H groups in total. The Hall–Kier alpha value is -3.87. The Morgan fingerprint density at radius 1 is 1.03 bits per heavy atom. The van der Waals surface area contributed by atoms with Crippen LogP contribution in [-0.4, -0.2) is 28.7 Å². The summed E-state index contributed by atoms with van der Waals surface area (Å²) in [4.78, 5) is 17.5. The number of ether oxygens (including phenoxy) is 2. The number of halogens is 1. The first-order valence-electron chi connectivity index (χ1n) is 10.0. The van der Waals surface area contributed by atoms with E-state index in [2.05, 4.69) is 10.3 Å². The van der Waals surface area contributed by atoms with Gasteiger partial charge in [-0.25, -0.2) is 9.37 Å². The van der Waals surface area contributed by atoms with E-state index in [1.165, 1.54) is 12.1 Å². The van der Waals surface area contributed by atoms with E-state index >= 15 is 0 Å². The number of nitrogens with zero attached hydrogens (tertiary/aromatic N) is 2. The molecule has 0 saturated carbocycles. The highest BCUT2D eigenvalue weighted by molar-refractivity contribution is 5.95. The van der Waals surface area contributed by atoms with Crippen molar-refractivity contribution in [3.8, 4) is 11.5 Å². The molecule has 31 heavy (non-hydrogen) atoms. The molecule has 1 aliphatic heterocycles. The van der Waals surface area contributed by atoms with Gasteiger partial charge in [-0.05, 0) is 48.0 Å². The highest BCUT2D eigenvalue weighted by Gasteiger charge is 2.20. The Balaban J connectivity index is 1.44. The van der Waals surface area contributed by atoms with Gasteiger partial charge in [-0.1, -0.05) is 24.3 Å². The fraction of sp³-hybridized carbons (Fsp3) is 0.167. The maximum absolute atomic E-state index is 13.5. The zero-order chi connectivity index (χ0) is 21.2. The molecule has 2 heterocycles. The molecule has 0 saturated heterocycles. The monoisotopic (exact) mass is 417 g/mol. The minimum atomic E-state index is -0.390. The molecular formula is C24H20FN3O3. The Bertz CT molecular complexity index is 1240. The quantitative estimate of drug-likeness (QED) is 0.531. The number of amides is 1. The lowest BCUT2D eigenvalue weighted by molar-refractivity contribution is 0.0931. The van der Waals surface area contributed by atoms with E-state index in [9.17, 15) is 9.18 Å². The number of hydrogen-bond acceptors (Lipinski definition) is 4. The smallest absolute Gasteiger partial charge is 0.251 e. The van der Waals surface area contributed by atoms with Crippen LogP contribution in [0, 0.1) is 5.82 Å². The lowest BCUT2D eigenvalue weighted by Gasteiger charge is -2.22. The van der Waals surface area contributed by atoms with Crippen molar-refractivity contribution >= 4 is 16.9 Å². The third-order valence-corrected chi connectivity index (χ3v) is 5.29. The summed E-state index contributed by atoms with van der Waals surface area (Å²) in [6.45, 7) is 1.39. The topological polar surface area (TPSA) is 65.4 Å². The number of imidazole rings is 1. The summed E-state index contributed by atoms with van der Waals surface area (Å²) in [5.41, 5.74) is 3.10. The zero-order valence-electron chi connectivity index (χ0n) is 16.6.